The third-order valence-electron chi connectivity index (χ3n) is 7.45. The molecule has 0 saturated heterocycles. The average Bonchev–Trinajstić information content (AvgIpc) is 3.87. The molecule has 5 heteroatoms. The smallest absolute Gasteiger partial charge is 0.391 e. The number of rotatable bonds is 6. The van der Waals surface area contributed by atoms with Crippen molar-refractivity contribution in [3.8, 4) is 0 Å². The molecule has 10 radical (unpaired) electrons. The summed E-state index contributed by atoms with van der Waals surface area (Å²) in [6.07, 6.45) is 17.4. The Hall–Kier alpha value is -1.90. The molecule has 5 aromatic rings. The van der Waals surface area contributed by atoms with Gasteiger partial charge in [-0.25, -0.2) is 0 Å². The Bertz CT molecular complexity index is 1430. The molecule has 2 aliphatic carbocycles. The summed E-state index contributed by atoms with van der Waals surface area (Å²) in [5.74, 6) is 0. The summed E-state index contributed by atoms with van der Waals surface area (Å²) < 4.78 is 0. The normalized spacial score (nSPS) is 14.4. The molecule has 0 aliphatic heterocycles. The van der Waals surface area contributed by atoms with Crippen molar-refractivity contribution in [2.24, 2.45) is 0 Å². The van der Waals surface area contributed by atoms with Crippen molar-refractivity contribution in [2.45, 2.75) is 52.6 Å². The van der Waals surface area contributed by atoms with Crippen LogP contribution in [0.25, 0.3) is 0 Å². The van der Waals surface area contributed by atoms with Crippen LogP contribution in [0.1, 0.15) is 47.1 Å². The minimum Gasteiger partial charge on any atom is -0.391 e. The van der Waals surface area contributed by atoms with Crippen molar-refractivity contribution in [3.63, 3.8) is 0 Å². The van der Waals surface area contributed by atoms with Gasteiger partial charge < -0.3 is 5.11 Å². The third kappa shape index (κ3) is 17.2. The van der Waals surface area contributed by atoms with Gasteiger partial charge in [0.05, 0.1) is 5.60 Å². The van der Waals surface area contributed by atoms with Crippen LogP contribution in [-0.4, -0.2) is 10.7 Å². The zero-order valence-electron chi connectivity index (χ0n) is 31.5. The van der Waals surface area contributed by atoms with Crippen molar-refractivity contribution < 1.29 is 42.6 Å². The predicted octanol–water partition coefficient (Wildman–Crippen LogP) is 10.5. The van der Waals surface area contributed by atoms with Crippen molar-refractivity contribution in [1.29, 1.82) is 0 Å². The van der Waals surface area contributed by atoms with Gasteiger partial charge in [0.2, 0.25) is 0 Å². The summed E-state index contributed by atoms with van der Waals surface area (Å²) in [6, 6.07) is 54.2. The summed E-state index contributed by atoms with van der Waals surface area (Å²) in [6.45, 7) is 11.9. The fourth-order valence-electron chi connectivity index (χ4n) is 5.12. The Morgan fingerprint density at radius 1 is 0.434 bits per heavy atom. The molecule has 276 valence electrons. The van der Waals surface area contributed by atoms with Gasteiger partial charge in [-0.1, -0.05) is 142 Å². The van der Waals surface area contributed by atoms with E-state index in [1.165, 1.54) is 38.1 Å². The number of hydrogen-bond donors (Lipinski definition) is 1. The first-order chi connectivity index (χ1) is 24.5. The Morgan fingerprint density at radius 3 is 0.887 bits per heavy atom. The van der Waals surface area contributed by atoms with Gasteiger partial charge in [-0.2, -0.15) is 35.9 Å². The van der Waals surface area contributed by atoms with E-state index in [0.29, 0.717) is 0 Å². The second-order valence-electron chi connectivity index (χ2n) is 14.0. The first-order valence-corrected chi connectivity index (χ1v) is 20.1. The molecule has 1 nitrogen and oxygen atoms in total. The molecule has 1 N–H and O–H groups in total. The molecule has 0 bridgehead atoms. The fraction of sp³-hybridized carbons (Fsp3) is 0.167. The maximum Gasteiger partial charge on any atom is 2.00 e. The molecule has 0 spiro atoms. The maximum absolute atomic E-state index is 8.52. The molecule has 0 amide bonds. The van der Waals surface area contributed by atoms with E-state index in [0.717, 1.165) is 0 Å². The fourth-order valence-corrected chi connectivity index (χ4v) is 9.73. The molecule has 2 fully saturated rings. The molecule has 53 heavy (non-hydrogen) atoms. The summed E-state index contributed by atoms with van der Waals surface area (Å²) >= 11 is 0. The van der Waals surface area contributed by atoms with Crippen LogP contribution in [0.2, 0.25) is 0 Å². The molecule has 0 aromatic heterocycles. The number of aliphatic hydroxyl groups is 1. The summed E-state index contributed by atoms with van der Waals surface area (Å²) in [4.78, 5) is 0. The molecule has 0 atom stereocenters. The van der Waals surface area contributed by atoms with Crippen LogP contribution in [0.4, 0.5) is 0 Å². The topological polar surface area (TPSA) is 20.2 Å². The van der Waals surface area contributed by atoms with Gasteiger partial charge in [-0.3, -0.25) is 0 Å². The quantitative estimate of drug-likeness (QED) is 0.102. The summed E-state index contributed by atoms with van der Waals surface area (Å²) in [5.41, 5.74) is 3.98. The molecule has 0 heterocycles. The first kappa shape index (κ1) is 47.3. The van der Waals surface area contributed by atoms with E-state index in [-0.39, 0.29) is 42.9 Å². The van der Waals surface area contributed by atoms with E-state index in [1.807, 2.05) is 12.1 Å². The van der Waals surface area contributed by atoms with Crippen molar-refractivity contribution in [1.82, 2.24) is 0 Å². The third-order valence-corrected chi connectivity index (χ3v) is 12.3. The second-order valence-corrected chi connectivity index (χ2v) is 18.4. The van der Waals surface area contributed by atoms with Crippen molar-refractivity contribution in [3.05, 3.63) is 220 Å². The van der Waals surface area contributed by atoms with Crippen LogP contribution in [0.5, 0.6) is 0 Å². The maximum atomic E-state index is 8.52. The van der Waals surface area contributed by atoms with Gasteiger partial charge in [-0.05, 0) is 115 Å². The van der Waals surface area contributed by atoms with Gasteiger partial charge in [0.25, 0.3) is 0 Å². The monoisotopic (exact) mass is 867 g/mol. The average molecular weight is 868 g/mol. The van der Waals surface area contributed by atoms with Crippen LogP contribution >= 0.6 is 15.8 Å². The molecule has 7 rings (SSSR count). The van der Waals surface area contributed by atoms with Crippen LogP contribution in [0.15, 0.2) is 146 Å². The zero-order valence-corrected chi connectivity index (χ0v) is 35.9. The van der Waals surface area contributed by atoms with Gasteiger partial charge >= 0.3 is 17.1 Å². The molecule has 0 unspecified atom stereocenters. The second kappa shape index (κ2) is 24.6. The van der Waals surface area contributed by atoms with E-state index < -0.39 is 21.4 Å². The molecule has 5 aromatic carbocycles. The largest absolute Gasteiger partial charge is 2.00 e. The molecule has 2 aliphatic rings. The van der Waals surface area contributed by atoms with Crippen LogP contribution in [0.3, 0.4) is 0 Å². The van der Waals surface area contributed by atoms with Crippen LogP contribution < -0.4 is 21.2 Å². The summed E-state index contributed by atoms with van der Waals surface area (Å²) in [7, 11) is -0.818. The minimum atomic E-state index is -0.500. The van der Waals surface area contributed by atoms with E-state index in [4.69, 9.17) is 5.11 Å². The summed E-state index contributed by atoms with van der Waals surface area (Å²) in [5, 5.41) is 14.2. The molecular formula is C48H51FeOP2Pd+. The van der Waals surface area contributed by atoms with Crippen LogP contribution in [-0.2, 0) is 42.9 Å². The Kier molecular flexibility index (Phi) is 21.9. The number of hydrogen-bond acceptors (Lipinski definition) is 1. The standard InChI is InChI=1S/2C17H14P.C10H13.C4H10O.Fe.Pd/c2*1-3-9-15(10-4-1)18(17-13-7-8-14-17)16-11-5-2-6-12-16;1-10(2,3)9-7-5-4-6-8-9;1-4(2,3)5;;/h2*1-14H;5-8H,1-3H3;5H,1-3H3;;/q;;-1;;+2;. The first-order valence-electron chi connectivity index (χ1n) is 17.4. The van der Waals surface area contributed by atoms with Crippen LogP contribution in [0, 0.1) is 68.8 Å². The zero-order chi connectivity index (χ0) is 36.5. The Morgan fingerprint density at radius 2 is 0.679 bits per heavy atom. The number of benzene rings is 5. The van der Waals surface area contributed by atoms with E-state index in [2.05, 4.69) is 212 Å². The van der Waals surface area contributed by atoms with E-state index >= 15 is 0 Å². The van der Waals surface area contributed by atoms with Gasteiger partial charge in [0, 0.05) is 31.7 Å². The SMILES string of the molecule is CC(C)(C)O.CC(C)(C)c1cc[c-]cc1.[CH]1[CH][CH][C](P(c2ccccc2)c2ccccc2)[CH]1.[CH]1[CH][CH][C](P(c2ccccc2)c2ccccc2)[CH]1.[Fe+2].[Pd]. The Balaban J connectivity index is 0.000000263. The molecule has 2 saturated carbocycles. The molecular weight excluding hydrogens is 817 g/mol. The minimum absolute atomic E-state index is 0. The van der Waals surface area contributed by atoms with Gasteiger partial charge in [-0.15, -0.1) is 0 Å². The van der Waals surface area contributed by atoms with Gasteiger partial charge in [0.1, 0.15) is 0 Å². The Labute approximate surface area is 349 Å². The van der Waals surface area contributed by atoms with E-state index in [1.54, 1.807) is 20.8 Å². The predicted molar refractivity (Wildman–Crippen MR) is 225 cm³/mol. The van der Waals surface area contributed by atoms with Crippen molar-refractivity contribution in [2.75, 3.05) is 0 Å². The van der Waals surface area contributed by atoms with Gasteiger partial charge in [0.15, 0.2) is 0 Å². The van der Waals surface area contributed by atoms with E-state index in [9.17, 15) is 0 Å². The van der Waals surface area contributed by atoms with Crippen molar-refractivity contribution >= 4 is 37.1 Å².